The second-order valence-electron chi connectivity index (χ2n) is 4.83. The molecule has 1 aliphatic heterocycles. The molecule has 1 unspecified atom stereocenters. The van der Waals surface area contributed by atoms with Gasteiger partial charge in [-0.25, -0.2) is 0 Å². The van der Waals surface area contributed by atoms with Crippen LogP contribution in [0.25, 0.3) is 0 Å². The second kappa shape index (κ2) is 6.33. The van der Waals surface area contributed by atoms with Crippen molar-refractivity contribution in [3.63, 3.8) is 0 Å². The van der Waals surface area contributed by atoms with Crippen molar-refractivity contribution in [1.29, 1.82) is 0 Å². The monoisotopic (exact) mass is 244 g/mol. The third kappa shape index (κ3) is 3.66. The number of hydrogen-bond acceptors (Lipinski definition) is 5. The van der Waals surface area contributed by atoms with Crippen molar-refractivity contribution in [2.24, 2.45) is 0 Å². The Morgan fingerprint density at radius 3 is 2.59 bits per heavy atom. The van der Waals surface area contributed by atoms with Gasteiger partial charge in [-0.3, -0.25) is 4.79 Å². The summed E-state index contributed by atoms with van der Waals surface area (Å²) in [6, 6.07) is 0.487. The number of carbonyl (C=O) groups is 1. The topological polar surface area (TPSA) is 50.8 Å². The Bertz CT molecular complexity index is 254. The first-order chi connectivity index (χ1) is 8.03. The lowest BCUT2D eigenvalue weighted by Gasteiger charge is -2.37. The molecular formula is C12H24N2O3. The fraction of sp³-hybridized carbons (Fsp3) is 0.917. The summed E-state index contributed by atoms with van der Waals surface area (Å²) in [5.74, 6) is -0.223. The van der Waals surface area contributed by atoms with Crippen LogP contribution < -0.4 is 5.32 Å². The minimum absolute atomic E-state index is 0.223. The maximum atomic E-state index is 11.7. The molecule has 0 aliphatic carbocycles. The largest absolute Gasteiger partial charge is 0.468 e. The van der Waals surface area contributed by atoms with Crippen LogP contribution in [0.5, 0.6) is 0 Å². The van der Waals surface area contributed by atoms with E-state index in [1.807, 2.05) is 6.92 Å². The predicted molar refractivity (Wildman–Crippen MR) is 66.0 cm³/mol. The summed E-state index contributed by atoms with van der Waals surface area (Å²) in [5, 5.41) is 3.05. The average molecular weight is 244 g/mol. The molecule has 17 heavy (non-hydrogen) atoms. The quantitative estimate of drug-likeness (QED) is 0.703. The van der Waals surface area contributed by atoms with Crippen molar-refractivity contribution in [2.75, 3.05) is 41.0 Å². The van der Waals surface area contributed by atoms with Gasteiger partial charge in [0.1, 0.15) is 5.54 Å². The summed E-state index contributed by atoms with van der Waals surface area (Å²) in [6.07, 6.45) is 2.05. The van der Waals surface area contributed by atoms with Gasteiger partial charge < -0.3 is 19.7 Å². The molecule has 0 spiro atoms. The van der Waals surface area contributed by atoms with Crippen LogP contribution in [-0.2, 0) is 14.3 Å². The molecule has 0 radical (unpaired) electrons. The molecule has 1 N–H and O–H groups in total. The van der Waals surface area contributed by atoms with Gasteiger partial charge in [-0.15, -0.1) is 0 Å². The van der Waals surface area contributed by atoms with Gasteiger partial charge in [0.15, 0.2) is 0 Å². The van der Waals surface area contributed by atoms with Crippen LogP contribution in [0.2, 0.25) is 0 Å². The van der Waals surface area contributed by atoms with Crippen LogP contribution in [0.4, 0.5) is 0 Å². The van der Waals surface area contributed by atoms with E-state index in [1.165, 1.54) is 7.11 Å². The first-order valence-electron chi connectivity index (χ1n) is 6.09. The molecule has 1 saturated heterocycles. The lowest BCUT2D eigenvalue weighted by Crippen LogP contribution is -2.57. The maximum absolute atomic E-state index is 11.7. The van der Waals surface area contributed by atoms with Gasteiger partial charge in [-0.2, -0.15) is 0 Å². The summed E-state index contributed by atoms with van der Waals surface area (Å²) in [5.41, 5.74) is -0.651. The Balaban J connectivity index is 2.57. The number of nitrogens with one attached hydrogen (secondary N) is 1. The maximum Gasteiger partial charge on any atom is 0.327 e. The molecule has 0 aromatic heterocycles. The van der Waals surface area contributed by atoms with Crippen LogP contribution in [0.3, 0.4) is 0 Å². The molecule has 0 amide bonds. The van der Waals surface area contributed by atoms with Crippen LogP contribution in [0.15, 0.2) is 0 Å². The predicted octanol–water partition coefficient (Wildman–Crippen LogP) is 0.248. The number of nitrogens with zero attached hydrogens (tertiary/aromatic N) is 1. The van der Waals surface area contributed by atoms with Crippen molar-refractivity contribution in [3.05, 3.63) is 0 Å². The van der Waals surface area contributed by atoms with Crippen LogP contribution in [0, 0.1) is 0 Å². The number of hydrogen-bond donors (Lipinski definition) is 1. The van der Waals surface area contributed by atoms with E-state index in [2.05, 4.69) is 17.3 Å². The summed E-state index contributed by atoms with van der Waals surface area (Å²) in [4.78, 5) is 14.0. The van der Waals surface area contributed by atoms with Crippen molar-refractivity contribution in [3.8, 4) is 0 Å². The Hall–Kier alpha value is -0.650. The lowest BCUT2D eigenvalue weighted by atomic mass is 9.99. The Morgan fingerprint density at radius 2 is 2.12 bits per heavy atom. The van der Waals surface area contributed by atoms with E-state index in [4.69, 9.17) is 9.47 Å². The van der Waals surface area contributed by atoms with E-state index >= 15 is 0 Å². The molecule has 1 rings (SSSR count). The van der Waals surface area contributed by atoms with E-state index in [0.29, 0.717) is 12.6 Å². The highest BCUT2D eigenvalue weighted by molar-refractivity contribution is 5.80. The zero-order valence-corrected chi connectivity index (χ0v) is 11.3. The highest BCUT2D eigenvalue weighted by atomic mass is 16.5. The molecule has 5 heteroatoms. The lowest BCUT2D eigenvalue weighted by molar-refractivity contribution is -0.148. The number of methoxy groups -OCH3 is 1. The first kappa shape index (κ1) is 14.4. The molecule has 5 nitrogen and oxygen atoms in total. The van der Waals surface area contributed by atoms with Crippen LogP contribution in [-0.4, -0.2) is 63.4 Å². The zero-order valence-electron chi connectivity index (χ0n) is 11.3. The number of esters is 1. The summed E-state index contributed by atoms with van der Waals surface area (Å²) >= 11 is 0. The van der Waals surface area contributed by atoms with Crippen molar-refractivity contribution in [1.82, 2.24) is 10.2 Å². The van der Waals surface area contributed by atoms with Gasteiger partial charge in [0, 0.05) is 25.8 Å². The fourth-order valence-corrected chi connectivity index (χ4v) is 2.22. The van der Waals surface area contributed by atoms with Gasteiger partial charge >= 0.3 is 5.97 Å². The summed E-state index contributed by atoms with van der Waals surface area (Å²) in [7, 11) is 5.26. The first-order valence-corrected chi connectivity index (χ1v) is 6.09. The molecule has 1 atom stereocenters. The fourth-order valence-electron chi connectivity index (χ4n) is 2.22. The molecule has 0 aromatic rings. The van der Waals surface area contributed by atoms with Gasteiger partial charge in [0.2, 0.25) is 0 Å². The molecular weight excluding hydrogens is 220 g/mol. The molecule has 0 saturated carbocycles. The Morgan fingerprint density at radius 1 is 1.53 bits per heavy atom. The Labute approximate surface area is 103 Å². The summed E-state index contributed by atoms with van der Waals surface area (Å²) < 4.78 is 10.2. The third-order valence-corrected chi connectivity index (χ3v) is 3.57. The van der Waals surface area contributed by atoms with Gasteiger partial charge in [0.05, 0.1) is 7.11 Å². The second-order valence-corrected chi connectivity index (χ2v) is 4.83. The highest BCUT2D eigenvalue weighted by Gasteiger charge is 2.35. The minimum atomic E-state index is -0.651. The smallest absolute Gasteiger partial charge is 0.327 e. The number of rotatable bonds is 5. The molecule has 1 heterocycles. The van der Waals surface area contributed by atoms with Crippen molar-refractivity contribution >= 4 is 5.97 Å². The van der Waals surface area contributed by atoms with Crippen LogP contribution in [0.1, 0.15) is 19.8 Å². The third-order valence-electron chi connectivity index (χ3n) is 3.57. The standard InChI is InChI=1S/C12H24N2O3/c1-12(13-2,11(15)16-4)9-14(3)10-5-7-17-8-6-10/h10,13H,5-9H2,1-4H3. The normalized spacial score (nSPS) is 21.2. The average Bonchev–Trinajstić information content (AvgIpc) is 2.38. The summed E-state index contributed by atoms with van der Waals surface area (Å²) in [6.45, 7) is 4.13. The molecule has 1 fully saturated rings. The SMILES string of the molecule is CNC(C)(CN(C)C1CCOCC1)C(=O)OC. The van der Waals surface area contributed by atoms with E-state index < -0.39 is 5.54 Å². The number of ether oxygens (including phenoxy) is 2. The van der Waals surface area contributed by atoms with Gasteiger partial charge in [-0.1, -0.05) is 0 Å². The zero-order chi connectivity index (χ0) is 12.9. The van der Waals surface area contributed by atoms with E-state index in [0.717, 1.165) is 26.1 Å². The highest BCUT2D eigenvalue weighted by Crippen LogP contribution is 2.16. The van der Waals surface area contributed by atoms with E-state index in [9.17, 15) is 4.79 Å². The molecule has 100 valence electrons. The molecule has 0 bridgehead atoms. The minimum Gasteiger partial charge on any atom is -0.468 e. The molecule has 0 aromatic carbocycles. The van der Waals surface area contributed by atoms with E-state index in [1.54, 1.807) is 7.05 Å². The van der Waals surface area contributed by atoms with Crippen molar-refractivity contribution in [2.45, 2.75) is 31.3 Å². The van der Waals surface area contributed by atoms with E-state index in [-0.39, 0.29) is 5.97 Å². The Kier molecular flexibility index (Phi) is 5.36. The van der Waals surface area contributed by atoms with Gasteiger partial charge in [0.25, 0.3) is 0 Å². The van der Waals surface area contributed by atoms with Crippen molar-refractivity contribution < 1.29 is 14.3 Å². The molecule has 1 aliphatic rings. The number of likely N-dealkylation sites (N-methyl/N-ethyl adjacent to an activating group) is 2. The number of carbonyl (C=O) groups excluding carboxylic acids is 1. The van der Waals surface area contributed by atoms with Gasteiger partial charge in [-0.05, 0) is 33.9 Å². The van der Waals surface area contributed by atoms with Crippen LogP contribution >= 0.6 is 0 Å².